The smallest absolute Gasteiger partial charge is 0.231 e. The Morgan fingerprint density at radius 1 is 1.41 bits per heavy atom. The van der Waals surface area contributed by atoms with Gasteiger partial charge in [0.05, 0.1) is 24.1 Å². The van der Waals surface area contributed by atoms with Gasteiger partial charge in [-0.1, -0.05) is 6.07 Å². The normalized spacial score (nSPS) is 28.0. The summed E-state index contributed by atoms with van der Waals surface area (Å²) in [5, 5.41) is 14.1. The second-order valence-corrected chi connectivity index (χ2v) is 7.81. The van der Waals surface area contributed by atoms with Crippen LogP contribution in [0.2, 0.25) is 0 Å². The molecule has 0 radical (unpaired) electrons. The molecular formula is C19H28N4O4. The third-order valence-electron chi connectivity index (χ3n) is 5.71. The number of hydrogen-bond donors (Lipinski definition) is 3. The Labute approximate surface area is 159 Å². The van der Waals surface area contributed by atoms with Crippen LogP contribution in [0, 0.1) is 0 Å². The van der Waals surface area contributed by atoms with Crippen molar-refractivity contribution in [2.24, 2.45) is 5.73 Å². The molecule has 4 N–H and O–H groups in total. The lowest BCUT2D eigenvalue weighted by atomic mass is 9.73. The number of aromatic nitrogens is 1. The van der Waals surface area contributed by atoms with Crippen LogP contribution in [0.4, 0.5) is 0 Å². The Kier molecular flexibility index (Phi) is 5.78. The topological polar surface area (TPSA) is 118 Å². The first-order valence-corrected chi connectivity index (χ1v) is 9.36. The van der Waals surface area contributed by atoms with E-state index in [1.54, 1.807) is 18.5 Å². The van der Waals surface area contributed by atoms with Crippen molar-refractivity contribution >= 4 is 11.8 Å². The quantitative estimate of drug-likeness (QED) is 0.644. The van der Waals surface area contributed by atoms with Crippen LogP contribution in [0.25, 0.3) is 0 Å². The molecule has 0 aliphatic carbocycles. The number of amides is 2. The summed E-state index contributed by atoms with van der Waals surface area (Å²) in [4.78, 5) is 29.6. The Morgan fingerprint density at radius 2 is 2.15 bits per heavy atom. The van der Waals surface area contributed by atoms with Gasteiger partial charge in [0.15, 0.2) is 0 Å². The largest absolute Gasteiger partial charge is 0.388 e. The maximum atomic E-state index is 12.5. The van der Waals surface area contributed by atoms with E-state index in [0.717, 1.165) is 5.56 Å². The number of carbonyl (C=O) groups excluding carboxylic acids is 2. The van der Waals surface area contributed by atoms with Crippen molar-refractivity contribution in [3.8, 4) is 0 Å². The molecule has 148 valence electrons. The number of nitrogens with zero attached hydrogens (tertiary/aromatic N) is 2. The third-order valence-corrected chi connectivity index (χ3v) is 5.71. The van der Waals surface area contributed by atoms with Crippen molar-refractivity contribution in [1.29, 1.82) is 0 Å². The minimum atomic E-state index is -0.827. The molecule has 2 atom stereocenters. The molecular weight excluding hydrogens is 348 g/mol. The first-order chi connectivity index (χ1) is 12.8. The number of nitrogens with one attached hydrogen (secondary N) is 1. The van der Waals surface area contributed by atoms with Crippen LogP contribution in [0.5, 0.6) is 0 Å². The second kappa shape index (κ2) is 7.92. The van der Waals surface area contributed by atoms with Gasteiger partial charge < -0.3 is 20.9 Å². The number of aliphatic hydroxyl groups excluding tert-OH is 1. The molecule has 2 aliphatic heterocycles. The number of likely N-dealkylation sites (tertiary alicyclic amines) is 1. The highest BCUT2D eigenvalue weighted by molar-refractivity contribution is 5.79. The van der Waals surface area contributed by atoms with Gasteiger partial charge in [0.1, 0.15) is 6.10 Å². The summed E-state index contributed by atoms with van der Waals surface area (Å²) in [6.45, 7) is 3.81. The molecule has 2 amide bonds. The molecule has 1 aromatic rings. The van der Waals surface area contributed by atoms with Crippen LogP contribution < -0.4 is 11.1 Å². The van der Waals surface area contributed by atoms with E-state index in [-0.39, 0.29) is 24.8 Å². The Balaban J connectivity index is 1.64. The van der Waals surface area contributed by atoms with Gasteiger partial charge in [-0.3, -0.25) is 19.5 Å². The highest BCUT2D eigenvalue weighted by Gasteiger charge is 2.53. The number of rotatable bonds is 5. The van der Waals surface area contributed by atoms with Crippen molar-refractivity contribution in [2.75, 3.05) is 26.2 Å². The molecule has 0 bridgehead atoms. The zero-order valence-corrected chi connectivity index (χ0v) is 15.7. The van der Waals surface area contributed by atoms with Gasteiger partial charge in [-0.2, -0.15) is 0 Å². The fourth-order valence-electron chi connectivity index (χ4n) is 4.17. The molecule has 2 aliphatic rings. The standard InChI is InChI=1S/C19H28N4O4/c1-18(22-16(25)11-14-3-2-7-21-12-14)6-10-27-19(17(18)26)4-8-23(9-5-19)13-15(20)24/h2-3,7,12,17,26H,4-6,8-11,13H2,1H3,(H2,20,24)(H,22,25)/t17-,18+/m0/s1. The van der Waals surface area contributed by atoms with Crippen LogP contribution in [0.15, 0.2) is 24.5 Å². The average Bonchev–Trinajstić information content (AvgIpc) is 2.62. The van der Waals surface area contributed by atoms with E-state index in [4.69, 9.17) is 10.5 Å². The molecule has 27 heavy (non-hydrogen) atoms. The van der Waals surface area contributed by atoms with Crippen LogP contribution >= 0.6 is 0 Å². The second-order valence-electron chi connectivity index (χ2n) is 7.81. The fourth-order valence-corrected chi connectivity index (χ4v) is 4.17. The summed E-state index contributed by atoms with van der Waals surface area (Å²) in [5.74, 6) is -0.503. The molecule has 8 heteroatoms. The van der Waals surface area contributed by atoms with Crippen molar-refractivity contribution in [3.05, 3.63) is 30.1 Å². The van der Waals surface area contributed by atoms with E-state index < -0.39 is 17.2 Å². The van der Waals surface area contributed by atoms with Crippen LogP contribution in [0.1, 0.15) is 31.7 Å². The predicted octanol–water partition coefficient (Wildman–Crippen LogP) is -0.400. The monoisotopic (exact) mass is 376 g/mol. The lowest BCUT2D eigenvalue weighted by molar-refractivity contribution is -0.207. The molecule has 0 unspecified atom stereocenters. The summed E-state index contributed by atoms with van der Waals surface area (Å²) < 4.78 is 6.01. The SMILES string of the molecule is C[C@@]1(NC(=O)Cc2cccnc2)CCOC2(CCN(CC(N)=O)CC2)[C@H]1O. The van der Waals surface area contributed by atoms with Gasteiger partial charge in [-0.25, -0.2) is 0 Å². The zero-order chi connectivity index (χ0) is 19.5. The van der Waals surface area contributed by atoms with Crippen molar-refractivity contribution < 1.29 is 19.4 Å². The highest BCUT2D eigenvalue weighted by Crippen LogP contribution is 2.39. The maximum Gasteiger partial charge on any atom is 0.231 e. The number of primary amides is 1. The number of piperidine rings is 1. The van der Waals surface area contributed by atoms with Crippen LogP contribution in [0.3, 0.4) is 0 Å². The number of pyridine rings is 1. The van der Waals surface area contributed by atoms with Gasteiger partial charge in [-0.05, 0) is 37.8 Å². The van der Waals surface area contributed by atoms with Crippen molar-refractivity contribution in [3.63, 3.8) is 0 Å². The van der Waals surface area contributed by atoms with Gasteiger partial charge >= 0.3 is 0 Å². The summed E-state index contributed by atoms with van der Waals surface area (Å²) in [7, 11) is 0. The molecule has 3 heterocycles. The zero-order valence-electron chi connectivity index (χ0n) is 15.7. The molecule has 2 fully saturated rings. The minimum Gasteiger partial charge on any atom is -0.388 e. The summed E-state index contributed by atoms with van der Waals surface area (Å²) >= 11 is 0. The van der Waals surface area contributed by atoms with Crippen molar-refractivity contribution in [1.82, 2.24) is 15.2 Å². The highest BCUT2D eigenvalue weighted by atomic mass is 16.5. The van der Waals surface area contributed by atoms with E-state index in [1.807, 2.05) is 17.9 Å². The number of ether oxygens (including phenoxy) is 1. The molecule has 1 aromatic heterocycles. The fraction of sp³-hybridized carbons (Fsp3) is 0.632. The Hall–Kier alpha value is -2.03. The molecule has 0 saturated carbocycles. The van der Waals surface area contributed by atoms with E-state index in [0.29, 0.717) is 39.0 Å². The van der Waals surface area contributed by atoms with Crippen molar-refractivity contribution in [2.45, 2.75) is 49.9 Å². The van der Waals surface area contributed by atoms with E-state index in [9.17, 15) is 14.7 Å². The van der Waals surface area contributed by atoms with Gasteiger partial charge in [0.2, 0.25) is 11.8 Å². The Morgan fingerprint density at radius 3 is 2.78 bits per heavy atom. The molecule has 2 saturated heterocycles. The maximum absolute atomic E-state index is 12.5. The molecule has 1 spiro atoms. The van der Waals surface area contributed by atoms with Gasteiger partial charge in [0.25, 0.3) is 0 Å². The van der Waals surface area contributed by atoms with E-state index >= 15 is 0 Å². The lowest BCUT2D eigenvalue weighted by Gasteiger charge is -2.53. The minimum absolute atomic E-state index is 0.146. The summed E-state index contributed by atoms with van der Waals surface area (Å²) in [6.07, 6.45) is 4.45. The summed E-state index contributed by atoms with van der Waals surface area (Å²) in [5.41, 5.74) is 4.63. The Bertz CT molecular complexity index is 676. The number of nitrogens with two attached hydrogens (primary N) is 1. The van der Waals surface area contributed by atoms with Gasteiger partial charge in [-0.15, -0.1) is 0 Å². The third kappa shape index (κ3) is 4.45. The lowest BCUT2D eigenvalue weighted by Crippen LogP contribution is -2.69. The predicted molar refractivity (Wildman–Crippen MR) is 98.7 cm³/mol. The van der Waals surface area contributed by atoms with E-state index in [1.165, 1.54) is 0 Å². The first-order valence-electron chi connectivity index (χ1n) is 9.36. The number of hydrogen-bond acceptors (Lipinski definition) is 6. The first kappa shape index (κ1) is 19.7. The molecule has 3 rings (SSSR count). The molecule has 0 aromatic carbocycles. The number of aliphatic hydroxyl groups is 1. The average molecular weight is 376 g/mol. The van der Waals surface area contributed by atoms with Crippen LogP contribution in [-0.4, -0.2) is 70.3 Å². The molecule has 8 nitrogen and oxygen atoms in total. The van der Waals surface area contributed by atoms with Gasteiger partial charge in [0, 0.05) is 32.1 Å². The van der Waals surface area contributed by atoms with E-state index in [2.05, 4.69) is 10.3 Å². The van der Waals surface area contributed by atoms with Crippen LogP contribution in [-0.2, 0) is 20.7 Å². The number of carbonyl (C=O) groups is 2. The summed E-state index contributed by atoms with van der Waals surface area (Å²) in [6, 6.07) is 3.65.